The molecule has 7 heteroatoms. The standard InChI is InChI=1S/C18H16N2O4S/c1-23-17(22)11-20-14-9-5-6-10-15(14)25-18(20)19-16(21)12-24-13-7-3-2-4-8-13/h2-10H,11-12H2,1H3. The molecule has 0 spiro atoms. The average Bonchev–Trinajstić information content (AvgIpc) is 2.98. The molecule has 0 saturated carbocycles. The molecule has 0 fully saturated rings. The van der Waals surface area contributed by atoms with E-state index in [-0.39, 0.29) is 13.2 Å². The fraction of sp³-hybridized carbons (Fsp3) is 0.167. The Bertz CT molecular complexity index is 960. The number of nitrogens with zero attached hydrogens (tertiary/aromatic N) is 2. The highest BCUT2D eigenvalue weighted by molar-refractivity contribution is 7.16. The molecule has 0 bridgehead atoms. The van der Waals surface area contributed by atoms with Crippen LogP contribution in [-0.4, -0.2) is 30.2 Å². The maximum absolute atomic E-state index is 12.2. The zero-order chi connectivity index (χ0) is 17.6. The van der Waals surface area contributed by atoms with Crippen molar-refractivity contribution in [3.05, 3.63) is 59.4 Å². The second kappa shape index (κ2) is 7.76. The van der Waals surface area contributed by atoms with Gasteiger partial charge in [0, 0.05) is 0 Å². The smallest absolute Gasteiger partial charge is 0.325 e. The van der Waals surface area contributed by atoms with Gasteiger partial charge in [-0.2, -0.15) is 4.99 Å². The molecule has 0 saturated heterocycles. The van der Waals surface area contributed by atoms with Crippen LogP contribution in [0.4, 0.5) is 0 Å². The summed E-state index contributed by atoms with van der Waals surface area (Å²) in [5.74, 6) is -0.225. The van der Waals surface area contributed by atoms with Crippen molar-refractivity contribution in [2.75, 3.05) is 13.7 Å². The number of methoxy groups -OCH3 is 1. The lowest BCUT2D eigenvalue weighted by Gasteiger charge is -2.04. The van der Waals surface area contributed by atoms with Crippen molar-refractivity contribution >= 4 is 33.4 Å². The van der Waals surface area contributed by atoms with Gasteiger partial charge in [-0.05, 0) is 24.3 Å². The van der Waals surface area contributed by atoms with E-state index in [2.05, 4.69) is 4.99 Å². The van der Waals surface area contributed by atoms with E-state index >= 15 is 0 Å². The monoisotopic (exact) mass is 356 g/mol. The minimum atomic E-state index is -0.422. The summed E-state index contributed by atoms with van der Waals surface area (Å²) in [7, 11) is 1.33. The first-order valence-electron chi connectivity index (χ1n) is 7.58. The van der Waals surface area contributed by atoms with Gasteiger partial charge >= 0.3 is 5.97 Å². The number of esters is 1. The Morgan fingerprint density at radius 3 is 2.56 bits per heavy atom. The molecule has 0 aliphatic rings. The highest BCUT2D eigenvalue weighted by Gasteiger charge is 2.11. The first-order valence-corrected chi connectivity index (χ1v) is 8.39. The van der Waals surface area contributed by atoms with Gasteiger partial charge < -0.3 is 14.0 Å². The molecule has 128 valence electrons. The Hall–Kier alpha value is -2.93. The van der Waals surface area contributed by atoms with Gasteiger partial charge in [0.25, 0.3) is 5.91 Å². The number of ether oxygens (including phenoxy) is 2. The Labute approximate surface area is 148 Å². The van der Waals surface area contributed by atoms with E-state index in [1.54, 1.807) is 16.7 Å². The molecule has 0 aliphatic carbocycles. The molecule has 6 nitrogen and oxygen atoms in total. The SMILES string of the molecule is COC(=O)Cn1c(=NC(=O)COc2ccccc2)sc2ccccc21. The zero-order valence-corrected chi connectivity index (χ0v) is 14.4. The van der Waals surface area contributed by atoms with Gasteiger partial charge in [0.1, 0.15) is 12.3 Å². The van der Waals surface area contributed by atoms with E-state index in [1.807, 2.05) is 42.5 Å². The molecule has 0 atom stereocenters. The van der Waals surface area contributed by atoms with Gasteiger partial charge in [-0.3, -0.25) is 9.59 Å². The molecule has 2 aromatic carbocycles. The molecule has 3 aromatic rings. The fourth-order valence-corrected chi connectivity index (χ4v) is 3.30. The van der Waals surface area contributed by atoms with Crippen molar-refractivity contribution in [1.29, 1.82) is 0 Å². The van der Waals surface area contributed by atoms with Crippen molar-refractivity contribution in [1.82, 2.24) is 4.57 Å². The molecular weight excluding hydrogens is 340 g/mol. The minimum Gasteiger partial charge on any atom is -0.484 e. The number of hydrogen-bond acceptors (Lipinski definition) is 5. The van der Waals surface area contributed by atoms with Crippen LogP contribution in [0.15, 0.2) is 59.6 Å². The van der Waals surface area contributed by atoms with Crippen LogP contribution >= 0.6 is 11.3 Å². The summed E-state index contributed by atoms with van der Waals surface area (Å²) in [5, 5.41) is 0. The van der Waals surface area contributed by atoms with Gasteiger partial charge in [-0.15, -0.1) is 0 Å². The summed E-state index contributed by atoms with van der Waals surface area (Å²) in [6, 6.07) is 16.6. The number of amides is 1. The summed E-state index contributed by atoms with van der Waals surface area (Å²) in [6.45, 7) is -0.178. The number of hydrogen-bond donors (Lipinski definition) is 0. The summed E-state index contributed by atoms with van der Waals surface area (Å²) in [5.41, 5.74) is 0.827. The van der Waals surface area contributed by atoms with Gasteiger partial charge in [0.15, 0.2) is 11.4 Å². The number of carbonyl (C=O) groups is 2. The van der Waals surface area contributed by atoms with Crippen molar-refractivity contribution < 1.29 is 19.1 Å². The first kappa shape index (κ1) is 16.9. The fourth-order valence-electron chi connectivity index (χ4n) is 2.25. The third kappa shape index (κ3) is 4.13. The van der Waals surface area contributed by atoms with E-state index < -0.39 is 11.9 Å². The molecule has 1 amide bonds. The predicted molar refractivity (Wildman–Crippen MR) is 94.3 cm³/mol. The number of para-hydroxylation sites is 2. The van der Waals surface area contributed by atoms with Crippen LogP contribution in [0.2, 0.25) is 0 Å². The van der Waals surface area contributed by atoms with Crippen LogP contribution in [0.3, 0.4) is 0 Å². The Balaban J connectivity index is 1.88. The van der Waals surface area contributed by atoms with Gasteiger partial charge in [0.05, 0.1) is 17.3 Å². The number of benzene rings is 2. The summed E-state index contributed by atoms with van der Waals surface area (Å²) < 4.78 is 12.8. The van der Waals surface area contributed by atoms with E-state index in [1.165, 1.54) is 18.4 Å². The maximum atomic E-state index is 12.2. The van der Waals surface area contributed by atoms with Gasteiger partial charge in [-0.1, -0.05) is 41.7 Å². The molecule has 1 aromatic heterocycles. The largest absolute Gasteiger partial charge is 0.484 e. The number of fused-ring (bicyclic) bond motifs is 1. The quantitative estimate of drug-likeness (QED) is 0.658. The van der Waals surface area contributed by atoms with E-state index in [9.17, 15) is 9.59 Å². The second-order valence-electron chi connectivity index (χ2n) is 5.12. The predicted octanol–water partition coefficient (Wildman–Crippen LogP) is 2.38. The van der Waals surface area contributed by atoms with E-state index in [0.717, 1.165) is 10.2 Å². The molecule has 3 rings (SSSR count). The summed E-state index contributed by atoms with van der Waals surface area (Å²) >= 11 is 1.34. The van der Waals surface area contributed by atoms with Crippen molar-refractivity contribution in [2.45, 2.75) is 6.54 Å². The number of aromatic nitrogens is 1. The molecular formula is C18H16N2O4S. The first-order chi connectivity index (χ1) is 12.2. The third-order valence-electron chi connectivity index (χ3n) is 3.43. The van der Waals surface area contributed by atoms with E-state index in [4.69, 9.17) is 9.47 Å². The third-order valence-corrected chi connectivity index (χ3v) is 4.49. The Kier molecular flexibility index (Phi) is 5.25. The van der Waals surface area contributed by atoms with Crippen LogP contribution in [0.25, 0.3) is 10.2 Å². The minimum absolute atomic E-state index is 0.00777. The highest BCUT2D eigenvalue weighted by Crippen LogP contribution is 2.16. The van der Waals surface area contributed by atoms with Gasteiger partial charge in [-0.25, -0.2) is 0 Å². The van der Waals surface area contributed by atoms with Gasteiger partial charge in [0.2, 0.25) is 0 Å². The number of carbonyl (C=O) groups excluding carboxylic acids is 2. The lowest BCUT2D eigenvalue weighted by atomic mass is 10.3. The normalized spacial score (nSPS) is 11.5. The molecule has 0 N–H and O–H groups in total. The van der Waals surface area contributed by atoms with Crippen LogP contribution < -0.4 is 9.54 Å². The maximum Gasteiger partial charge on any atom is 0.325 e. The number of thiazole rings is 1. The lowest BCUT2D eigenvalue weighted by Crippen LogP contribution is -2.23. The van der Waals surface area contributed by atoms with Crippen LogP contribution in [-0.2, 0) is 20.9 Å². The highest BCUT2D eigenvalue weighted by atomic mass is 32.1. The van der Waals surface area contributed by atoms with Crippen LogP contribution in [0.1, 0.15) is 0 Å². The molecule has 0 aliphatic heterocycles. The average molecular weight is 356 g/mol. The van der Waals surface area contributed by atoms with Crippen molar-refractivity contribution in [3.63, 3.8) is 0 Å². The Morgan fingerprint density at radius 2 is 1.80 bits per heavy atom. The molecule has 0 radical (unpaired) electrons. The van der Waals surface area contributed by atoms with E-state index in [0.29, 0.717) is 10.6 Å². The summed E-state index contributed by atoms with van der Waals surface area (Å²) in [6.07, 6.45) is 0. The summed E-state index contributed by atoms with van der Waals surface area (Å²) in [4.78, 5) is 28.4. The molecule has 0 unspecified atom stereocenters. The number of rotatable bonds is 5. The topological polar surface area (TPSA) is 69.9 Å². The van der Waals surface area contributed by atoms with Crippen LogP contribution in [0, 0.1) is 0 Å². The lowest BCUT2D eigenvalue weighted by molar-refractivity contribution is -0.141. The second-order valence-corrected chi connectivity index (χ2v) is 6.13. The Morgan fingerprint density at radius 1 is 1.08 bits per heavy atom. The molecule has 1 heterocycles. The molecule has 25 heavy (non-hydrogen) atoms. The van der Waals surface area contributed by atoms with Crippen molar-refractivity contribution in [2.24, 2.45) is 4.99 Å². The van der Waals surface area contributed by atoms with Crippen molar-refractivity contribution in [3.8, 4) is 5.75 Å². The zero-order valence-electron chi connectivity index (χ0n) is 13.5. The van der Waals surface area contributed by atoms with Crippen LogP contribution in [0.5, 0.6) is 5.75 Å².